The van der Waals surface area contributed by atoms with Crippen molar-refractivity contribution in [1.82, 2.24) is 3.97 Å². The van der Waals surface area contributed by atoms with E-state index in [9.17, 15) is 8.42 Å². The van der Waals surface area contributed by atoms with Crippen molar-refractivity contribution >= 4 is 21.4 Å². The van der Waals surface area contributed by atoms with Gasteiger partial charge in [-0.1, -0.05) is 48.5 Å². The fourth-order valence-electron chi connectivity index (χ4n) is 2.54. The third kappa shape index (κ3) is 4.55. The highest BCUT2D eigenvalue weighted by Gasteiger charge is 2.13. The lowest BCUT2D eigenvalue weighted by molar-refractivity contribution is 0.586. The molecule has 0 radical (unpaired) electrons. The van der Waals surface area contributed by atoms with Gasteiger partial charge in [-0.15, -0.1) is 0 Å². The molecule has 6 heteroatoms. The van der Waals surface area contributed by atoms with Crippen LogP contribution >= 0.6 is 0 Å². The standard InChI is InChI=1S/C20H21N3O2S/c21-19-10-4-5-11-20(19)22-13-6-9-17-12-14-23(15-17)26(24,25)16-18-7-2-1-3-8-18/h1-8,10-15,22H,9,16,21H2/b13-6+. The molecular weight excluding hydrogens is 346 g/mol. The molecule has 0 saturated carbocycles. The molecule has 134 valence electrons. The molecule has 0 aliphatic heterocycles. The first-order valence-electron chi connectivity index (χ1n) is 8.25. The van der Waals surface area contributed by atoms with Crippen LogP contribution in [0.15, 0.2) is 85.3 Å². The Balaban J connectivity index is 1.61. The molecule has 0 fully saturated rings. The third-order valence-corrected chi connectivity index (χ3v) is 5.48. The van der Waals surface area contributed by atoms with Crippen LogP contribution in [0.2, 0.25) is 0 Å². The Labute approximate surface area is 153 Å². The largest absolute Gasteiger partial charge is 0.397 e. The zero-order valence-corrected chi connectivity index (χ0v) is 15.1. The van der Waals surface area contributed by atoms with Gasteiger partial charge in [0.1, 0.15) is 0 Å². The van der Waals surface area contributed by atoms with Crippen LogP contribution in [0.25, 0.3) is 0 Å². The van der Waals surface area contributed by atoms with E-state index >= 15 is 0 Å². The second-order valence-electron chi connectivity index (χ2n) is 5.93. The fraction of sp³-hybridized carbons (Fsp3) is 0.100. The maximum Gasteiger partial charge on any atom is 0.242 e. The maximum atomic E-state index is 12.5. The number of nitrogens with zero attached hydrogens (tertiary/aromatic N) is 1. The molecular formula is C20H21N3O2S. The van der Waals surface area contributed by atoms with E-state index in [1.807, 2.05) is 72.9 Å². The number of aromatic nitrogens is 1. The van der Waals surface area contributed by atoms with Gasteiger partial charge in [0.2, 0.25) is 10.0 Å². The van der Waals surface area contributed by atoms with Crippen molar-refractivity contribution in [2.24, 2.45) is 0 Å². The van der Waals surface area contributed by atoms with Crippen molar-refractivity contribution in [1.29, 1.82) is 0 Å². The summed E-state index contributed by atoms with van der Waals surface area (Å²) in [6.45, 7) is 0. The highest BCUT2D eigenvalue weighted by Crippen LogP contribution is 2.16. The van der Waals surface area contributed by atoms with E-state index in [0.717, 1.165) is 16.8 Å². The molecule has 0 aliphatic carbocycles. The molecule has 0 spiro atoms. The van der Waals surface area contributed by atoms with Gasteiger partial charge in [0.05, 0.1) is 17.1 Å². The van der Waals surface area contributed by atoms with E-state index in [0.29, 0.717) is 12.1 Å². The quantitative estimate of drug-likeness (QED) is 0.625. The van der Waals surface area contributed by atoms with E-state index < -0.39 is 10.0 Å². The summed E-state index contributed by atoms with van der Waals surface area (Å²) in [7, 11) is -3.41. The predicted molar refractivity (Wildman–Crippen MR) is 106 cm³/mol. The summed E-state index contributed by atoms with van der Waals surface area (Å²) < 4.78 is 26.3. The number of para-hydroxylation sites is 2. The Kier molecular flexibility index (Phi) is 5.43. The van der Waals surface area contributed by atoms with Crippen molar-refractivity contribution in [2.75, 3.05) is 11.1 Å². The molecule has 26 heavy (non-hydrogen) atoms. The monoisotopic (exact) mass is 367 g/mol. The number of anilines is 2. The van der Waals surface area contributed by atoms with Gasteiger partial charge in [0.25, 0.3) is 0 Å². The van der Waals surface area contributed by atoms with Crippen LogP contribution in [0.3, 0.4) is 0 Å². The first-order valence-corrected chi connectivity index (χ1v) is 9.85. The summed E-state index contributed by atoms with van der Waals surface area (Å²) in [4.78, 5) is 0. The Morgan fingerprint density at radius 2 is 1.69 bits per heavy atom. The zero-order chi connectivity index (χ0) is 18.4. The number of nitrogen functional groups attached to an aromatic ring is 1. The lowest BCUT2D eigenvalue weighted by Crippen LogP contribution is -2.13. The van der Waals surface area contributed by atoms with Gasteiger partial charge < -0.3 is 11.1 Å². The third-order valence-electron chi connectivity index (χ3n) is 3.91. The summed E-state index contributed by atoms with van der Waals surface area (Å²) >= 11 is 0. The highest BCUT2D eigenvalue weighted by atomic mass is 32.2. The Morgan fingerprint density at radius 3 is 2.46 bits per heavy atom. The normalized spacial score (nSPS) is 11.7. The lowest BCUT2D eigenvalue weighted by Gasteiger charge is -2.05. The second kappa shape index (κ2) is 7.93. The smallest absolute Gasteiger partial charge is 0.242 e. The van der Waals surface area contributed by atoms with Gasteiger partial charge in [0.15, 0.2) is 0 Å². The molecule has 1 heterocycles. The molecule has 0 amide bonds. The number of hydrogen-bond acceptors (Lipinski definition) is 4. The van der Waals surface area contributed by atoms with E-state index in [1.54, 1.807) is 12.4 Å². The molecule has 3 N–H and O–H groups in total. The van der Waals surface area contributed by atoms with Gasteiger partial charge in [0, 0.05) is 12.4 Å². The summed E-state index contributed by atoms with van der Waals surface area (Å²) in [5, 5.41) is 3.12. The maximum absolute atomic E-state index is 12.5. The summed E-state index contributed by atoms with van der Waals surface area (Å²) in [6, 6.07) is 18.5. The first kappa shape index (κ1) is 17.8. The molecule has 0 aliphatic rings. The highest BCUT2D eigenvalue weighted by molar-refractivity contribution is 7.89. The van der Waals surface area contributed by atoms with Gasteiger partial charge in [-0.25, -0.2) is 8.42 Å². The minimum atomic E-state index is -3.41. The molecule has 5 nitrogen and oxygen atoms in total. The van der Waals surface area contributed by atoms with Crippen LogP contribution in [-0.2, 0) is 22.2 Å². The summed E-state index contributed by atoms with van der Waals surface area (Å²) in [6.07, 6.45) is 7.59. The lowest BCUT2D eigenvalue weighted by atomic mass is 10.2. The number of hydrogen-bond donors (Lipinski definition) is 2. The Hall–Kier alpha value is -2.99. The fourth-order valence-corrected chi connectivity index (χ4v) is 3.85. The number of allylic oxidation sites excluding steroid dienone is 1. The van der Waals surface area contributed by atoms with Crippen LogP contribution in [-0.4, -0.2) is 12.4 Å². The van der Waals surface area contributed by atoms with E-state index in [-0.39, 0.29) is 5.75 Å². The number of nitrogens with two attached hydrogens (primary N) is 1. The minimum Gasteiger partial charge on any atom is -0.397 e. The van der Waals surface area contributed by atoms with Crippen molar-refractivity contribution in [2.45, 2.75) is 12.2 Å². The first-order chi connectivity index (χ1) is 12.5. The summed E-state index contributed by atoms with van der Waals surface area (Å²) in [5.41, 5.74) is 9.07. The predicted octanol–water partition coefficient (Wildman–Crippen LogP) is 3.62. The van der Waals surface area contributed by atoms with E-state index in [2.05, 4.69) is 5.32 Å². The average molecular weight is 367 g/mol. The van der Waals surface area contributed by atoms with Crippen molar-refractivity contribution in [3.8, 4) is 0 Å². The van der Waals surface area contributed by atoms with Crippen LogP contribution in [0.5, 0.6) is 0 Å². The molecule has 0 unspecified atom stereocenters. The molecule has 1 aromatic heterocycles. The number of rotatable bonds is 7. The SMILES string of the molecule is Nc1ccccc1N/C=C/Cc1ccn(S(=O)(=O)Cc2ccccc2)c1. The van der Waals surface area contributed by atoms with E-state index in [4.69, 9.17) is 5.73 Å². The topological polar surface area (TPSA) is 77.1 Å². The van der Waals surface area contributed by atoms with Crippen LogP contribution in [0, 0.1) is 0 Å². The van der Waals surface area contributed by atoms with Gasteiger partial charge >= 0.3 is 0 Å². The molecule has 0 bridgehead atoms. The van der Waals surface area contributed by atoms with Crippen molar-refractivity contribution < 1.29 is 8.42 Å². The average Bonchev–Trinajstić information content (AvgIpc) is 3.11. The molecule has 0 atom stereocenters. The number of nitrogens with one attached hydrogen (secondary N) is 1. The van der Waals surface area contributed by atoms with Gasteiger partial charge in [-0.2, -0.15) is 0 Å². The number of benzene rings is 2. The van der Waals surface area contributed by atoms with Crippen LogP contribution < -0.4 is 11.1 Å². The van der Waals surface area contributed by atoms with Gasteiger partial charge in [-0.3, -0.25) is 3.97 Å². The van der Waals surface area contributed by atoms with Crippen LogP contribution in [0.4, 0.5) is 11.4 Å². The molecule has 3 aromatic rings. The Morgan fingerprint density at radius 1 is 0.962 bits per heavy atom. The van der Waals surface area contributed by atoms with E-state index in [1.165, 1.54) is 3.97 Å². The van der Waals surface area contributed by atoms with Crippen LogP contribution in [0.1, 0.15) is 11.1 Å². The molecule has 3 rings (SSSR count). The molecule has 2 aromatic carbocycles. The zero-order valence-electron chi connectivity index (χ0n) is 14.2. The molecule has 0 saturated heterocycles. The van der Waals surface area contributed by atoms with Crippen molar-refractivity contribution in [3.05, 3.63) is 96.5 Å². The van der Waals surface area contributed by atoms with Crippen molar-refractivity contribution in [3.63, 3.8) is 0 Å². The Bertz CT molecular complexity index is 993. The van der Waals surface area contributed by atoms with Gasteiger partial charge in [-0.05, 0) is 41.9 Å². The minimum absolute atomic E-state index is 0.0212. The second-order valence-corrected chi connectivity index (χ2v) is 7.80. The summed E-state index contributed by atoms with van der Waals surface area (Å²) in [5.74, 6) is -0.0212.